The average Bonchev–Trinajstić information content (AvgIpc) is 2.98. The van der Waals surface area contributed by atoms with Crippen LogP contribution in [-0.2, 0) is 5.54 Å². The minimum Gasteiger partial charge on any atom is -0.333 e. The minimum absolute atomic E-state index is 0.394. The minimum atomic E-state index is -0.394. The predicted molar refractivity (Wildman–Crippen MR) is 74.3 cm³/mol. The van der Waals surface area contributed by atoms with Crippen LogP contribution in [0.15, 0.2) is 20.4 Å². The third-order valence-corrected chi connectivity index (χ3v) is 5.01. The average molecular weight is 328 g/mol. The first-order valence-electron chi connectivity index (χ1n) is 6.06. The van der Waals surface area contributed by atoms with Crippen LogP contribution in [0.5, 0.6) is 0 Å². The predicted octanol–water partition coefficient (Wildman–Crippen LogP) is 3.68. The Labute approximate surface area is 118 Å². The molecule has 1 aliphatic rings. The fraction of sp³-hybridized carbons (Fsp3) is 0.500. The highest BCUT2D eigenvalue weighted by molar-refractivity contribution is 9.11. The van der Waals surface area contributed by atoms with Gasteiger partial charge in [-0.1, -0.05) is 24.4 Å². The second-order valence-electron chi connectivity index (χ2n) is 4.74. The molecule has 1 saturated carbocycles. The lowest BCUT2D eigenvalue weighted by molar-refractivity contribution is 0.275. The fourth-order valence-electron chi connectivity index (χ4n) is 2.36. The maximum absolute atomic E-state index is 6.39. The van der Waals surface area contributed by atoms with Gasteiger partial charge in [0.1, 0.15) is 0 Å². The zero-order valence-electron chi connectivity index (χ0n) is 9.86. The van der Waals surface area contributed by atoms with Crippen molar-refractivity contribution in [3.63, 3.8) is 0 Å². The summed E-state index contributed by atoms with van der Waals surface area (Å²) in [6.45, 7) is 0. The van der Waals surface area contributed by atoms with Crippen molar-refractivity contribution in [2.45, 2.75) is 37.6 Å². The van der Waals surface area contributed by atoms with Crippen molar-refractivity contribution in [3.05, 3.63) is 21.7 Å². The van der Waals surface area contributed by atoms with E-state index in [4.69, 9.17) is 10.3 Å². The lowest BCUT2D eigenvalue weighted by Crippen LogP contribution is -2.39. The standard InChI is InChI=1S/C12H14BrN3OS/c13-9-5-4-8(18-9)10-15-11(16-17-10)12(14)6-2-1-3-7-12/h4-5H,1-3,6-7,14H2. The number of nitrogens with zero attached hydrogens (tertiary/aromatic N) is 2. The van der Waals surface area contributed by atoms with E-state index in [1.165, 1.54) is 6.42 Å². The van der Waals surface area contributed by atoms with Crippen molar-refractivity contribution in [1.82, 2.24) is 10.1 Å². The van der Waals surface area contributed by atoms with Crippen LogP contribution >= 0.6 is 27.3 Å². The van der Waals surface area contributed by atoms with Crippen LogP contribution in [0.25, 0.3) is 10.8 Å². The van der Waals surface area contributed by atoms with Gasteiger partial charge in [-0.25, -0.2) is 0 Å². The van der Waals surface area contributed by atoms with Gasteiger partial charge < -0.3 is 10.3 Å². The van der Waals surface area contributed by atoms with Crippen LogP contribution in [0.1, 0.15) is 37.9 Å². The molecule has 2 aromatic heterocycles. The highest BCUT2D eigenvalue weighted by atomic mass is 79.9. The molecule has 18 heavy (non-hydrogen) atoms. The molecule has 6 heteroatoms. The molecule has 0 amide bonds. The first kappa shape index (κ1) is 12.3. The molecule has 0 aromatic carbocycles. The summed E-state index contributed by atoms with van der Waals surface area (Å²) in [6, 6.07) is 3.94. The maximum Gasteiger partial charge on any atom is 0.268 e. The highest BCUT2D eigenvalue weighted by Gasteiger charge is 2.34. The summed E-state index contributed by atoms with van der Waals surface area (Å²) in [7, 11) is 0. The van der Waals surface area contributed by atoms with Crippen molar-refractivity contribution in [1.29, 1.82) is 0 Å². The normalized spacial score (nSPS) is 19.0. The molecule has 96 valence electrons. The molecule has 0 atom stereocenters. The summed E-state index contributed by atoms with van der Waals surface area (Å²) >= 11 is 5.01. The van der Waals surface area contributed by atoms with Crippen LogP contribution in [0.4, 0.5) is 0 Å². The van der Waals surface area contributed by atoms with E-state index in [2.05, 4.69) is 26.1 Å². The number of aromatic nitrogens is 2. The first-order chi connectivity index (χ1) is 8.67. The van der Waals surface area contributed by atoms with Gasteiger partial charge >= 0.3 is 0 Å². The molecular formula is C12H14BrN3OS. The Morgan fingerprint density at radius 1 is 1.28 bits per heavy atom. The zero-order valence-corrected chi connectivity index (χ0v) is 12.3. The molecule has 1 fully saturated rings. The van der Waals surface area contributed by atoms with Gasteiger partial charge in [-0.3, -0.25) is 0 Å². The fourth-order valence-corrected chi connectivity index (χ4v) is 3.67. The quantitative estimate of drug-likeness (QED) is 0.913. The summed E-state index contributed by atoms with van der Waals surface area (Å²) in [5, 5.41) is 4.08. The molecule has 0 bridgehead atoms. The summed E-state index contributed by atoms with van der Waals surface area (Å²) in [6.07, 6.45) is 5.43. The molecule has 2 heterocycles. The molecule has 0 radical (unpaired) electrons. The van der Waals surface area contributed by atoms with Crippen LogP contribution < -0.4 is 5.73 Å². The molecule has 4 nitrogen and oxygen atoms in total. The van der Waals surface area contributed by atoms with Crippen molar-refractivity contribution in [2.24, 2.45) is 5.73 Å². The third-order valence-electron chi connectivity index (χ3n) is 3.40. The lowest BCUT2D eigenvalue weighted by Gasteiger charge is -2.29. The molecule has 0 spiro atoms. The summed E-state index contributed by atoms with van der Waals surface area (Å²) in [5.74, 6) is 1.22. The first-order valence-corrected chi connectivity index (χ1v) is 7.67. The Balaban J connectivity index is 1.89. The van der Waals surface area contributed by atoms with E-state index in [-0.39, 0.29) is 0 Å². The summed E-state index contributed by atoms with van der Waals surface area (Å²) < 4.78 is 6.38. The third kappa shape index (κ3) is 2.24. The van der Waals surface area contributed by atoms with Crippen molar-refractivity contribution < 1.29 is 4.52 Å². The second kappa shape index (κ2) is 4.75. The number of thiophene rings is 1. The van der Waals surface area contributed by atoms with E-state index < -0.39 is 5.54 Å². The van der Waals surface area contributed by atoms with Crippen LogP contribution in [0.2, 0.25) is 0 Å². The second-order valence-corrected chi connectivity index (χ2v) is 7.21. The Morgan fingerprint density at radius 3 is 2.72 bits per heavy atom. The molecule has 0 unspecified atom stereocenters. The van der Waals surface area contributed by atoms with Crippen LogP contribution in [0, 0.1) is 0 Å². The van der Waals surface area contributed by atoms with E-state index in [0.717, 1.165) is 34.3 Å². The SMILES string of the molecule is NC1(c2noc(-c3ccc(Br)s3)n2)CCCCC1. The van der Waals surface area contributed by atoms with Gasteiger partial charge in [0.2, 0.25) is 0 Å². The lowest BCUT2D eigenvalue weighted by atomic mass is 9.82. The number of hydrogen-bond donors (Lipinski definition) is 1. The summed E-state index contributed by atoms with van der Waals surface area (Å²) in [5.41, 5.74) is 5.99. The van der Waals surface area contributed by atoms with E-state index in [1.54, 1.807) is 11.3 Å². The van der Waals surface area contributed by atoms with Gasteiger partial charge in [0.25, 0.3) is 5.89 Å². The van der Waals surface area contributed by atoms with Gasteiger partial charge in [-0.05, 0) is 40.9 Å². The molecule has 2 N–H and O–H groups in total. The molecule has 3 rings (SSSR count). The highest BCUT2D eigenvalue weighted by Crippen LogP contribution is 2.35. The van der Waals surface area contributed by atoms with Crippen molar-refractivity contribution in [2.75, 3.05) is 0 Å². The topological polar surface area (TPSA) is 64.9 Å². The molecular weight excluding hydrogens is 314 g/mol. The Morgan fingerprint density at radius 2 is 2.06 bits per heavy atom. The maximum atomic E-state index is 6.39. The number of nitrogens with two attached hydrogens (primary N) is 1. The molecule has 2 aromatic rings. The van der Waals surface area contributed by atoms with Gasteiger partial charge in [-0.2, -0.15) is 4.98 Å². The van der Waals surface area contributed by atoms with E-state index in [0.29, 0.717) is 11.7 Å². The van der Waals surface area contributed by atoms with Gasteiger partial charge in [0, 0.05) is 0 Å². The van der Waals surface area contributed by atoms with Gasteiger partial charge in [0.15, 0.2) is 5.82 Å². The summed E-state index contributed by atoms with van der Waals surface area (Å²) in [4.78, 5) is 5.45. The largest absolute Gasteiger partial charge is 0.333 e. The van der Waals surface area contributed by atoms with E-state index >= 15 is 0 Å². The van der Waals surface area contributed by atoms with Gasteiger partial charge in [0.05, 0.1) is 14.2 Å². The number of hydrogen-bond acceptors (Lipinski definition) is 5. The number of rotatable bonds is 2. The van der Waals surface area contributed by atoms with Gasteiger partial charge in [-0.15, -0.1) is 11.3 Å². The molecule has 0 saturated heterocycles. The van der Waals surface area contributed by atoms with Crippen LogP contribution in [0.3, 0.4) is 0 Å². The Hall–Kier alpha value is -0.720. The van der Waals surface area contributed by atoms with E-state index in [1.807, 2.05) is 12.1 Å². The van der Waals surface area contributed by atoms with Crippen LogP contribution in [-0.4, -0.2) is 10.1 Å². The smallest absolute Gasteiger partial charge is 0.268 e. The van der Waals surface area contributed by atoms with Crippen molar-refractivity contribution >= 4 is 27.3 Å². The molecule has 0 aliphatic heterocycles. The zero-order chi connectivity index (χ0) is 12.6. The Bertz CT molecular complexity index is 545. The Kier molecular flexibility index (Phi) is 3.25. The van der Waals surface area contributed by atoms with E-state index in [9.17, 15) is 0 Å². The molecule has 1 aliphatic carbocycles. The number of halogens is 1. The van der Waals surface area contributed by atoms with Crippen molar-refractivity contribution in [3.8, 4) is 10.8 Å². The monoisotopic (exact) mass is 327 g/mol.